The number of hydrogen-bond donors (Lipinski definition) is 0. The molecule has 1 spiro atoms. The maximum absolute atomic E-state index is 12.7. The molecule has 6 heteroatoms. The second kappa shape index (κ2) is 7.80. The number of piperidine rings is 2. The third kappa shape index (κ3) is 4.46. The fraction of sp³-hybridized carbons (Fsp3) is 0.750. The summed E-state index contributed by atoms with van der Waals surface area (Å²) in [5.41, 5.74) is 1.01. The molecule has 3 rings (SSSR count). The number of carbonyl (C=O) groups excluding carboxylic acids is 2. The molecule has 3 heterocycles. The molecule has 1 aromatic heterocycles. The van der Waals surface area contributed by atoms with Gasteiger partial charge in [0.25, 0.3) is 0 Å². The van der Waals surface area contributed by atoms with Crippen LogP contribution < -0.4 is 0 Å². The Morgan fingerprint density at radius 2 is 2.12 bits per heavy atom. The van der Waals surface area contributed by atoms with Gasteiger partial charge in [0.15, 0.2) is 0 Å². The van der Waals surface area contributed by atoms with Gasteiger partial charge in [-0.3, -0.25) is 14.3 Å². The number of amides is 2. The van der Waals surface area contributed by atoms with Crippen LogP contribution in [-0.2, 0) is 16.1 Å². The van der Waals surface area contributed by atoms with E-state index < -0.39 is 0 Å². The maximum Gasteiger partial charge on any atom is 0.244 e. The minimum atomic E-state index is 0.0822. The highest BCUT2D eigenvalue weighted by atomic mass is 16.2. The van der Waals surface area contributed by atoms with Crippen LogP contribution in [0.2, 0.25) is 0 Å². The SMILES string of the molecule is Cc1ccn(CC(=O)N2CCCC3(CCC(=O)N(CCC(C)C)C3)C2)n1. The van der Waals surface area contributed by atoms with Crippen LogP contribution in [0.5, 0.6) is 0 Å². The van der Waals surface area contributed by atoms with Gasteiger partial charge in [0.1, 0.15) is 6.54 Å². The van der Waals surface area contributed by atoms with E-state index in [2.05, 4.69) is 18.9 Å². The van der Waals surface area contributed by atoms with Gasteiger partial charge in [-0.2, -0.15) is 5.10 Å². The summed E-state index contributed by atoms with van der Waals surface area (Å²) in [5, 5.41) is 4.33. The summed E-state index contributed by atoms with van der Waals surface area (Å²) in [7, 11) is 0. The predicted octanol–water partition coefficient (Wildman–Crippen LogP) is 2.47. The number of nitrogens with zero attached hydrogens (tertiary/aromatic N) is 4. The zero-order valence-electron chi connectivity index (χ0n) is 16.4. The van der Waals surface area contributed by atoms with Crippen LogP contribution in [-0.4, -0.2) is 57.6 Å². The van der Waals surface area contributed by atoms with Crippen LogP contribution >= 0.6 is 0 Å². The Morgan fingerprint density at radius 1 is 1.31 bits per heavy atom. The van der Waals surface area contributed by atoms with Crippen LogP contribution in [0, 0.1) is 18.3 Å². The van der Waals surface area contributed by atoms with Crippen molar-refractivity contribution in [2.24, 2.45) is 11.3 Å². The Morgan fingerprint density at radius 3 is 2.81 bits per heavy atom. The van der Waals surface area contributed by atoms with Gasteiger partial charge in [-0.25, -0.2) is 0 Å². The molecule has 2 aliphatic heterocycles. The van der Waals surface area contributed by atoms with Gasteiger partial charge >= 0.3 is 0 Å². The van der Waals surface area contributed by atoms with E-state index in [1.54, 1.807) is 4.68 Å². The lowest BCUT2D eigenvalue weighted by Gasteiger charge is -2.48. The van der Waals surface area contributed by atoms with Crippen molar-refractivity contribution in [1.29, 1.82) is 0 Å². The molecule has 1 unspecified atom stereocenters. The fourth-order valence-electron chi connectivity index (χ4n) is 4.26. The minimum absolute atomic E-state index is 0.0822. The molecule has 0 bridgehead atoms. The molecule has 6 nitrogen and oxygen atoms in total. The highest BCUT2D eigenvalue weighted by molar-refractivity contribution is 5.78. The first-order chi connectivity index (χ1) is 12.4. The second-order valence-electron chi connectivity index (χ2n) is 8.57. The summed E-state index contributed by atoms with van der Waals surface area (Å²) in [6.45, 7) is 9.88. The number of carbonyl (C=O) groups is 2. The molecule has 2 aliphatic rings. The van der Waals surface area contributed by atoms with Crippen molar-refractivity contribution < 1.29 is 9.59 Å². The summed E-state index contributed by atoms with van der Waals surface area (Å²) in [6, 6.07) is 1.92. The number of likely N-dealkylation sites (tertiary alicyclic amines) is 2. The highest BCUT2D eigenvalue weighted by Gasteiger charge is 2.42. The Bertz CT molecular complexity index is 654. The van der Waals surface area contributed by atoms with Crippen LogP contribution in [0.25, 0.3) is 0 Å². The standard InChI is InChI=1S/C20H32N4O2/c1-16(2)6-11-23-15-20(9-5-18(23)25)8-4-10-22(14-20)19(26)13-24-12-7-17(3)21-24/h7,12,16H,4-6,8-11,13-15H2,1-3H3. The second-order valence-corrected chi connectivity index (χ2v) is 8.57. The monoisotopic (exact) mass is 360 g/mol. The smallest absolute Gasteiger partial charge is 0.244 e. The van der Waals surface area contributed by atoms with Crippen molar-refractivity contribution in [1.82, 2.24) is 19.6 Å². The molecule has 0 radical (unpaired) electrons. The van der Waals surface area contributed by atoms with Gasteiger partial charge in [-0.15, -0.1) is 0 Å². The molecule has 0 N–H and O–H groups in total. The number of rotatable bonds is 5. The minimum Gasteiger partial charge on any atom is -0.342 e. The average molecular weight is 361 g/mol. The zero-order chi connectivity index (χ0) is 18.7. The average Bonchev–Trinajstić information content (AvgIpc) is 3.01. The first-order valence-electron chi connectivity index (χ1n) is 9.92. The van der Waals surface area contributed by atoms with Gasteiger partial charge in [0.2, 0.25) is 11.8 Å². The van der Waals surface area contributed by atoms with Gasteiger partial charge in [0.05, 0.1) is 5.69 Å². The highest BCUT2D eigenvalue weighted by Crippen LogP contribution is 2.39. The van der Waals surface area contributed by atoms with Crippen molar-refractivity contribution in [3.8, 4) is 0 Å². The summed E-state index contributed by atoms with van der Waals surface area (Å²) in [4.78, 5) is 29.1. The Kier molecular flexibility index (Phi) is 5.68. The Hall–Kier alpha value is -1.85. The molecule has 0 aromatic carbocycles. The molecular weight excluding hydrogens is 328 g/mol. The van der Waals surface area contributed by atoms with Crippen LogP contribution in [0.15, 0.2) is 12.3 Å². The van der Waals surface area contributed by atoms with E-state index in [0.717, 1.165) is 57.6 Å². The van der Waals surface area contributed by atoms with Crippen molar-refractivity contribution in [2.45, 2.75) is 59.4 Å². The normalized spacial score (nSPS) is 23.9. The summed E-state index contributed by atoms with van der Waals surface area (Å²) < 4.78 is 1.72. The van der Waals surface area contributed by atoms with Crippen molar-refractivity contribution >= 4 is 11.8 Å². The lowest BCUT2D eigenvalue weighted by molar-refractivity contribution is -0.143. The first kappa shape index (κ1) is 18.9. The summed E-state index contributed by atoms with van der Waals surface area (Å²) in [5.74, 6) is 1.02. The van der Waals surface area contributed by atoms with Crippen molar-refractivity contribution in [3.63, 3.8) is 0 Å². The topological polar surface area (TPSA) is 58.4 Å². The lowest BCUT2D eigenvalue weighted by Crippen LogP contribution is -2.55. The molecule has 2 saturated heterocycles. The van der Waals surface area contributed by atoms with E-state index in [1.807, 2.05) is 29.0 Å². The van der Waals surface area contributed by atoms with E-state index in [0.29, 0.717) is 18.9 Å². The van der Waals surface area contributed by atoms with E-state index in [-0.39, 0.29) is 17.2 Å². The van der Waals surface area contributed by atoms with Crippen LogP contribution in [0.3, 0.4) is 0 Å². The number of aromatic nitrogens is 2. The van der Waals surface area contributed by atoms with Crippen LogP contribution in [0.1, 0.15) is 51.6 Å². The predicted molar refractivity (Wildman–Crippen MR) is 100 cm³/mol. The largest absolute Gasteiger partial charge is 0.342 e. The molecular formula is C20H32N4O2. The van der Waals surface area contributed by atoms with E-state index in [1.165, 1.54) is 0 Å². The van der Waals surface area contributed by atoms with Gasteiger partial charge < -0.3 is 9.80 Å². The number of aryl methyl sites for hydroxylation is 1. The Balaban J connectivity index is 1.62. The molecule has 1 aromatic rings. The summed E-state index contributed by atoms with van der Waals surface area (Å²) in [6.07, 6.45) is 6.58. The van der Waals surface area contributed by atoms with E-state index in [9.17, 15) is 9.59 Å². The summed E-state index contributed by atoms with van der Waals surface area (Å²) >= 11 is 0. The van der Waals surface area contributed by atoms with Gasteiger partial charge in [0, 0.05) is 44.2 Å². The van der Waals surface area contributed by atoms with Crippen molar-refractivity contribution in [3.05, 3.63) is 18.0 Å². The molecule has 0 saturated carbocycles. The van der Waals surface area contributed by atoms with E-state index >= 15 is 0 Å². The quantitative estimate of drug-likeness (QED) is 0.810. The molecule has 2 amide bonds. The zero-order valence-corrected chi connectivity index (χ0v) is 16.4. The Labute approximate surface area is 156 Å². The molecule has 144 valence electrons. The third-order valence-electron chi connectivity index (χ3n) is 5.81. The number of hydrogen-bond acceptors (Lipinski definition) is 3. The van der Waals surface area contributed by atoms with Crippen molar-refractivity contribution in [2.75, 3.05) is 26.2 Å². The van der Waals surface area contributed by atoms with Crippen LogP contribution in [0.4, 0.5) is 0 Å². The third-order valence-corrected chi connectivity index (χ3v) is 5.81. The molecule has 2 fully saturated rings. The molecule has 0 aliphatic carbocycles. The lowest BCUT2D eigenvalue weighted by atomic mass is 9.73. The fourth-order valence-corrected chi connectivity index (χ4v) is 4.26. The molecule has 1 atom stereocenters. The molecule has 26 heavy (non-hydrogen) atoms. The maximum atomic E-state index is 12.7. The van der Waals surface area contributed by atoms with Gasteiger partial charge in [-0.1, -0.05) is 13.8 Å². The van der Waals surface area contributed by atoms with Gasteiger partial charge in [-0.05, 0) is 44.6 Å². The van der Waals surface area contributed by atoms with E-state index in [4.69, 9.17) is 0 Å². The first-order valence-corrected chi connectivity index (χ1v) is 9.92.